The number of nitrogens with zero attached hydrogens (tertiary/aromatic N) is 2. The zero-order valence-electron chi connectivity index (χ0n) is 11.1. The van der Waals surface area contributed by atoms with E-state index in [0.29, 0.717) is 12.6 Å². The Balaban J connectivity index is 1.51. The number of aromatic nitrogens is 1. The Morgan fingerprint density at radius 2 is 2.11 bits per heavy atom. The molecule has 2 aliphatic rings. The van der Waals surface area contributed by atoms with Gasteiger partial charge in [-0.15, -0.1) is 0 Å². The summed E-state index contributed by atoms with van der Waals surface area (Å²) in [5.74, 6) is 1.01. The molecule has 5 nitrogen and oxygen atoms in total. The number of hydrogen-bond acceptors (Lipinski definition) is 4. The van der Waals surface area contributed by atoms with Gasteiger partial charge in [-0.25, -0.2) is 4.98 Å². The van der Waals surface area contributed by atoms with Crippen LogP contribution in [0.2, 0.25) is 0 Å². The molecule has 0 bridgehead atoms. The van der Waals surface area contributed by atoms with Gasteiger partial charge in [0, 0.05) is 19.1 Å². The van der Waals surface area contributed by atoms with Gasteiger partial charge >= 0.3 is 0 Å². The molecule has 1 aromatic heterocycles. The maximum atomic E-state index is 11.7. The number of anilines is 2. The third kappa shape index (κ3) is 3.44. The summed E-state index contributed by atoms with van der Waals surface area (Å²) in [5, 5.41) is 6.05. The van der Waals surface area contributed by atoms with Crippen LogP contribution >= 0.6 is 0 Å². The van der Waals surface area contributed by atoms with E-state index in [1.165, 1.54) is 25.7 Å². The smallest absolute Gasteiger partial charge is 0.238 e. The first-order valence-corrected chi connectivity index (χ1v) is 7.05. The molecule has 3 rings (SSSR count). The number of amides is 1. The Hall–Kier alpha value is -1.62. The van der Waals surface area contributed by atoms with Crippen molar-refractivity contribution in [3.05, 3.63) is 18.3 Å². The van der Waals surface area contributed by atoms with Crippen LogP contribution in [0.25, 0.3) is 0 Å². The highest BCUT2D eigenvalue weighted by molar-refractivity contribution is 5.92. The Kier molecular flexibility index (Phi) is 3.64. The first kappa shape index (κ1) is 12.4. The van der Waals surface area contributed by atoms with Crippen molar-refractivity contribution in [3.8, 4) is 0 Å². The van der Waals surface area contributed by atoms with Crippen LogP contribution in [-0.2, 0) is 4.79 Å². The fraction of sp³-hybridized carbons (Fsp3) is 0.571. The van der Waals surface area contributed by atoms with Crippen molar-refractivity contribution in [1.82, 2.24) is 10.3 Å². The zero-order chi connectivity index (χ0) is 13.1. The fourth-order valence-electron chi connectivity index (χ4n) is 2.32. The maximum absolute atomic E-state index is 11.7. The van der Waals surface area contributed by atoms with Crippen molar-refractivity contribution in [2.24, 2.45) is 0 Å². The fourth-order valence-corrected chi connectivity index (χ4v) is 2.32. The number of rotatable bonds is 5. The molecule has 0 spiro atoms. The summed E-state index contributed by atoms with van der Waals surface area (Å²) in [6.07, 6.45) is 6.61. The quantitative estimate of drug-likeness (QED) is 0.839. The molecule has 2 N–H and O–H groups in total. The molecule has 1 aliphatic carbocycles. The third-order valence-electron chi connectivity index (χ3n) is 3.59. The number of pyridine rings is 1. The van der Waals surface area contributed by atoms with Crippen LogP contribution in [0.4, 0.5) is 11.5 Å². The maximum Gasteiger partial charge on any atom is 0.238 e. The third-order valence-corrected chi connectivity index (χ3v) is 3.59. The average Bonchev–Trinajstić information content (AvgIpc) is 3.10. The van der Waals surface area contributed by atoms with Gasteiger partial charge in [-0.05, 0) is 37.8 Å². The first-order valence-electron chi connectivity index (χ1n) is 7.05. The number of nitrogens with one attached hydrogen (secondary N) is 2. The van der Waals surface area contributed by atoms with Crippen molar-refractivity contribution in [2.75, 3.05) is 29.9 Å². The summed E-state index contributed by atoms with van der Waals surface area (Å²) in [4.78, 5) is 18.4. The van der Waals surface area contributed by atoms with Crippen molar-refractivity contribution in [1.29, 1.82) is 0 Å². The van der Waals surface area contributed by atoms with Gasteiger partial charge in [0.2, 0.25) is 5.91 Å². The van der Waals surface area contributed by atoms with Crippen LogP contribution < -0.4 is 15.5 Å². The SMILES string of the molecule is O=C(CNC1CC1)Nc1ccc(N2CCCC2)nc1. The molecule has 1 saturated carbocycles. The second-order valence-electron chi connectivity index (χ2n) is 5.30. The van der Waals surface area contributed by atoms with Crippen LogP contribution in [0.15, 0.2) is 18.3 Å². The molecule has 1 aromatic rings. The highest BCUT2D eigenvalue weighted by Crippen LogP contribution is 2.19. The predicted molar refractivity (Wildman–Crippen MR) is 75.3 cm³/mol. The van der Waals surface area contributed by atoms with Gasteiger partial charge in [0.1, 0.15) is 5.82 Å². The van der Waals surface area contributed by atoms with Gasteiger partial charge in [-0.1, -0.05) is 0 Å². The van der Waals surface area contributed by atoms with Crippen molar-refractivity contribution < 1.29 is 4.79 Å². The van der Waals surface area contributed by atoms with E-state index in [0.717, 1.165) is 24.6 Å². The molecular weight excluding hydrogens is 240 g/mol. The summed E-state index contributed by atoms with van der Waals surface area (Å²) >= 11 is 0. The minimum Gasteiger partial charge on any atom is -0.357 e. The van der Waals surface area contributed by atoms with E-state index < -0.39 is 0 Å². The molecule has 0 radical (unpaired) electrons. The van der Waals surface area contributed by atoms with Crippen LogP contribution in [0.5, 0.6) is 0 Å². The molecule has 0 aromatic carbocycles. The molecule has 0 atom stereocenters. The van der Waals surface area contributed by atoms with Gasteiger partial charge in [0.25, 0.3) is 0 Å². The van der Waals surface area contributed by atoms with Crippen LogP contribution in [0.3, 0.4) is 0 Å². The van der Waals surface area contributed by atoms with Crippen molar-refractivity contribution in [2.45, 2.75) is 31.7 Å². The lowest BCUT2D eigenvalue weighted by Gasteiger charge is -2.16. The Labute approximate surface area is 113 Å². The minimum atomic E-state index is 0.00243. The number of hydrogen-bond donors (Lipinski definition) is 2. The largest absolute Gasteiger partial charge is 0.357 e. The second kappa shape index (κ2) is 5.57. The highest BCUT2D eigenvalue weighted by Gasteiger charge is 2.21. The van der Waals surface area contributed by atoms with E-state index in [9.17, 15) is 4.79 Å². The molecule has 1 amide bonds. The van der Waals surface area contributed by atoms with E-state index in [2.05, 4.69) is 20.5 Å². The second-order valence-corrected chi connectivity index (χ2v) is 5.30. The number of carbonyl (C=O) groups is 1. The Bertz CT molecular complexity index is 435. The lowest BCUT2D eigenvalue weighted by molar-refractivity contribution is -0.115. The van der Waals surface area contributed by atoms with Crippen LogP contribution in [0, 0.1) is 0 Å². The van der Waals surface area contributed by atoms with Gasteiger partial charge in [-0.2, -0.15) is 0 Å². The minimum absolute atomic E-state index is 0.00243. The van der Waals surface area contributed by atoms with Crippen molar-refractivity contribution in [3.63, 3.8) is 0 Å². The normalized spacial score (nSPS) is 18.6. The summed E-state index contributed by atoms with van der Waals surface area (Å²) in [7, 11) is 0. The van der Waals surface area contributed by atoms with Gasteiger partial charge in [-0.3, -0.25) is 4.79 Å². The Morgan fingerprint density at radius 3 is 2.74 bits per heavy atom. The monoisotopic (exact) mass is 260 g/mol. The summed E-state index contributed by atoms with van der Waals surface area (Å²) in [5.41, 5.74) is 0.769. The molecular formula is C14H20N4O. The molecule has 2 fully saturated rings. The van der Waals surface area contributed by atoms with Crippen LogP contribution in [-0.4, -0.2) is 36.6 Å². The summed E-state index contributed by atoms with van der Waals surface area (Å²) < 4.78 is 0. The number of carbonyl (C=O) groups excluding carboxylic acids is 1. The summed E-state index contributed by atoms with van der Waals surface area (Å²) in [6, 6.07) is 4.46. The highest BCUT2D eigenvalue weighted by atomic mass is 16.1. The molecule has 1 aliphatic heterocycles. The van der Waals surface area contributed by atoms with E-state index in [4.69, 9.17) is 0 Å². The van der Waals surface area contributed by atoms with Crippen molar-refractivity contribution >= 4 is 17.4 Å². The molecule has 0 unspecified atom stereocenters. The molecule has 19 heavy (non-hydrogen) atoms. The lowest BCUT2D eigenvalue weighted by Crippen LogP contribution is -2.29. The van der Waals surface area contributed by atoms with Gasteiger partial charge in [0.15, 0.2) is 0 Å². The Morgan fingerprint density at radius 1 is 1.32 bits per heavy atom. The predicted octanol–water partition coefficient (Wildman–Crippen LogP) is 1.37. The first-order chi connectivity index (χ1) is 9.31. The van der Waals surface area contributed by atoms with Crippen LogP contribution in [0.1, 0.15) is 25.7 Å². The summed E-state index contributed by atoms with van der Waals surface area (Å²) in [6.45, 7) is 2.56. The van der Waals surface area contributed by atoms with E-state index >= 15 is 0 Å². The van der Waals surface area contributed by atoms with E-state index in [-0.39, 0.29) is 5.91 Å². The molecule has 2 heterocycles. The van der Waals surface area contributed by atoms with Gasteiger partial charge < -0.3 is 15.5 Å². The van der Waals surface area contributed by atoms with Gasteiger partial charge in [0.05, 0.1) is 18.4 Å². The molecule has 102 valence electrons. The standard InChI is InChI=1S/C14H20N4O/c19-14(10-15-11-3-4-11)17-12-5-6-13(16-9-12)18-7-1-2-8-18/h5-6,9,11,15H,1-4,7-8,10H2,(H,17,19). The topological polar surface area (TPSA) is 57.3 Å². The molecule has 1 saturated heterocycles. The van der Waals surface area contributed by atoms with E-state index in [1.807, 2.05) is 12.1 Å². The van der Waals surface area contributed by atoms with E-state index in [1.54, 1.807) is 6.20 Å². The average molecular weight is 260 g/mol. The zero-order valence-corrected chi connectivity index (χ0v) is 11.1. The lowest BCUT2D eigenvalue weighted by atomic mass is 10.3. The molecule has 5 heteroatoms.